The molecule has 0 bridgehead atoms. The molecule has 1 aromatic heterocycles. The van der Waals surface area contributed by atoms with Gasteiger partial charge in [0.1, 0.15) is 0 Å². The Morgan fingerprint density at radius 2 is 0.973 bits per heavy atom. The molecule has 0 spiro atoms. The van der Waals surface area contributed by atoms with Crippen LogP contribution in [0.2, 0.25) is 0 Å². The summed E-state index contributed by atoms with van der Waals surface area (Å²) in [7, 11) is 0. The van der Waals surface area contributed by atoms with Crippen LogP contribution in [0, 0.1) is 17.8 Å². The van der Waals surface area contributed by atoms with Gasteiger partial charge in [-0.15, -0.1) is 5.10 Å². The fourth-order valence-corrected chi connectivity index (χ4v) is 3.25. The maximum atomic E-state index is 4.05. The van der Waals surface area contributed by atoms with Crippen LogP contribution in [-0.4, -0.2) is 15.0 Å². The molecule has 37 heavy (non-hydrogen) atoms. The lowest BCUT2D eigenvalue weighted by molar-refractivity contribution is 0.514. The number of nitrogens with zero attached hydrogens (tertiary/aromatic N) is 3. The van der Waals surface area contributed by atoms with Gasteiger partial charge in [0, 0.05) is 23.7 Å². The van der Waals surface area contributed by atoms with Gasteiger partial charge in [-0.3, -0.25) is 0 Å². The van der Waals surface area contributed by atoms with Gasteiger partial charge >= 0.3 is 0 Å². The number of hydrogen-bond acceptors (Lipinski definition) is 2. The zero-order valence-electron chi connectivity index (χ0n) is 25.5. The highest BCUT2D eigenvalue weighted by molar-refractivity contribution is 5.37. The van der Waals surface area contributed by atoms with Gasteiger partial charge in [-0.05, 0) is 66.3 Å². The van der Waals surface area contributed by atoms with Gasteiger partial charge in [0.25, 0.3) is 0 Å². The molecule has 0 radical (unpaired) electrons. The normalized spacial score (nSPS) is 10.9. The number of benzene rings is 2. The molecule has 3 aromatic rings. The van der Waals surface area contributed by atoms with Crippen LogP contribution < -0.4 is 0 Å². The SMILES string of the molecule is CC(C)C#Cc1ccc(C(C)C)cc1.CC(C)c1ccc(C(C)C)cc1.CC(C)c1cn(C(C)C)nn1. The Bertz CT molecular complexity index is 1020. The number of aromatic nitrogens is 3. The van der Waals surface area contributed by atoms with Crippen molar-refractivity contribution in [1.29, 1.82) is 0 Å². The summed E-state index contributed by atoms with van der Waals surface area (Å²) in [6, 6.07) is 17.9. The van der Waals surface area contributed by atoms with Crippen LogP contribution in [0.4, 0.5) is 0 Å². The zero-order valence-corrected chi connectivity index (χ0v) is 25.5. The van der Waals surface area contributed by atoms with Crippen molar-refractivity contribution in [2.24, 2.45) is 5.92 Å². The quantitative estimate of drug-likeness (QED) is 0.326. The molecule has 3 rings (SSSR count). The van der Waals surface area contributed by atoms with Crippen molar-refractivity contribution >= 4 is 0 Å². The maximum absolute atomic E-state index is 4.05. The topological polar surface area (TPSA) is 30.7 Å². The Hall–Kier alpha value is -2.86. The first-order valence-electron chi connectivity index (χ1n) is 13.9. The second kappa shape index (κ2) is 16.1. The number of hydrogen-bond donors (Lipinski definition) is 0. The molecular weight excluding hydrogens is 450 g/mol. The molecule has 0 aliphatic carbocycles. The second-order valence-corrected chi connectivity index (χ2v) is 11.5. The standard InChI is InChI=1S/C14H18.C12H18.C8H15N3/c1-11(2)5-6-13-7-9-14(10-8-13)12(3)4;1-9(2)11-5-7-12(8-6-11)10(3)4;1-6(2)8-5-11(7(3)4)10-9-8/h7-12H,1-4H3;5-10H,1-4H3;5-7H,1-4H3. The summed E-state index contributed by atoms with van der Waals surface area (Å²) in [6.07, 6.45) is 2.01. The van der Waals surface area contributed by atoms with E-state index in [4.69, 9.17) is 0 Å². The van der Waals surface area contributed by atoms with Crippen LogP contribution in [0.25, 0.3) is 0 Å². The van der Waals surface area contributed by atoms with Crippen molar-refractivity contribution in [3.8, 4) is 11.8 Å². The van der Waals surface area contributed by atoms with E-state index in [2.05, 4.69) is 154 Å². The molecule has 3 nitrogen and oxygen atoms in total. The summed E-state index contributed by atoms with van der Waals surface area (Å²) in [4.78, 5) is 0. The van der Waals surface area contributed by atoms with E-state index in [1.165, 1.54) is 16.7 Å². The largest absolute Gasteiger partial charge is 0.250 e. The van der Waals surface area contributed by atoms with Crippen molar-refractivity contribution in [3.05, 3.63) is 82.7 Å². The summed E-state index contributed by atoms with van der Waals surface area (Å²) < 4.78 is 1.88. The van der Waals surface area contributed by atoms with Crippen LogP contribution in [0.15, 0.2) is 54.7 Å². The van der Waals surface area contributed by atoms with Gasteiger partial charge in [-0.1, -0.05) is 123 Å². The summed E-state index contributed by atoms with van der Waals surface area (Å²) in [5, 5.41) is 8.05. The first kappa shape index (κ1) is 32.2. The van der Waals surface area contributed by atoms with E-state index in [0.717, 1.165) is 11.3 Å². The predicted molar refractivity (Wildman–Crippen MR) is 161 cm³/mol. The average molecular weight is 502 g/mol. The minimum Gasteiger partial charge on any atom is -0.250 e. The van der Waals surface area contributed by atoms with Crippen LogP contribution in [0.5, 0.6) is 0 Å². The van der Waals surface area contributed by atoms with E-state index in [9.17, 15) is 0 Å². The van der Waals surface area contributed by atoms with E-state index in [1.807, 2.05) is 10.9 Å². The molecule has 0 fully saturated rings. The highest BCUT2D eigenvalue weighted by Crippen LogP contribution is 2.19. The van der Waals surface area contributed by atoms with Crippen LogP contribution >= 0.6 is 0 Å². The molecule has 0 N–H and O–H groups in total. The first-order chi connectivity index (χ1) is 17.3. The molecule has 202 valence electrons. The van der Waals surface area contributed by atoms with Crippen molar-refractivity contribution < 1.29 is 0 Å². The lowest BCUT2D eigenvalue weighted by atomic mass is 9.97. The summed E-state index contributed by atoms with van der Waals surface area (Å²) >= 11 is 0. The molecule has 0 saturated carbocycles. The Balaban J connectivity index is 0.000000280. The Labute approximate surface area is 228 Å². The van der Waals surface area contributed by atoms with E-state index >= 15 is 0 Å². The first-order valence-corrected chi connectivity index (χ1v) is 13.9. The fourth-order valence-electron chi connectivity index (χ4n) is 3.25. The molecule has 0 saturated heterocycles. The highest BCUT2D eigenvalue weighted by Gasteiger charge is 2.06. The van der Waals surface area contributed by atoms with Crippen LogP contribution in [-0.2, 0) is 0 Å². The van der Waals surface area contributed by atoms with Crippen molar-refractivity contribution in [2.75, 3.05) is 0 Å². The minimum atomic E-state index is 0.412. The van der Waals surface area contributed by atoms with E-state index in [0.29, 0.717) is 35.6 Å². The van der Waals surface area contributed by atoms with Gasteiger partial charge in [-0.25, -0.2) is 4.68 Å². The Morgan fingerprint density at radius 3 is 1.24 bits per heavy atom. The molecule has 0 aliphatic heterocycles. The van der Waals surface area contributed by atoms with Gasteiger partial charge in [0.15, 0.2) is 0 Å². The average Bonchev–Trinajstić information content (AvgIpc) is 3.35. The zero-order chi connectivity index (χ0) is 28.1. The third-order valence-corrected chi connectivity index (χ3v) is 6.00. The molecular formula is C34H51N3. The lowest BCUT2D eigenvalue weighted by Gasteiger charge is -2.08. The molecule has 0 unspecified atom stereocenters. The lowest BCUT2D eigenvalue weighted by Crippen LogP contribution is -2.00. The monoisotopic (exact) mass is 501 g/mol. The number of rotatable bonds is 5. The van der Waals surface area contributed by atoms with E-state index in [1.54, 1.807) is 0 Å². The molecule has 0 atom stereocenters. The van der Waals surface area contributed by atoms with E-state index in [-0.39, 0.29) is 0 Å². The second-order valence-electron chi connectivity index (χ2n) is 11.5. The molecule has 0 aliphatic rings. The van der Waals surface area contributed by atoms with Crippen LogP contribution in [0.1, 0.15) is 141 Å². The van der Waals surface area contributed by atoms with Gasteiger partial charge in [0.05, 0.1) is 5.69 Å². The third-order valence-electron chi connectivity index (χ3n) is 6.00. The van der Waals surface area contributed by atoms with Crippen molar-refractivity contribution in [3.63, 3.8) is 0 Å². The molecule has 0 amide bonds. The van der Waals surface area contributed by atoms with Gasteiger partial charge in [0.2, 0.25) is 0 Å². The highest BCUT2D eigenvalue weighted by atomic mass is 15.4. The van der Waals surface area contributed by atoms with Gasteiger partial charge in [-0.2, -0.15) is 0 Å². The minimum absolute atomic E-state index is 0.412. The summed E-state index contributed by atoms with van der Waals surface area (Å²) in [6.45, 7) is 26.0. The Morgan fingerprint density at radius 1 is 0.568 bits per heavy atom. The predicted octanol–water partition coefficient (Wildman–Crippen LogP) is 9.73. The molecule has 2 aromatic carbocycles. The third kappa shape index (κ3) is 12.3. The molecule has 1 heterocycles. The van der Waals surface area contributed by atoms with Crippen molar-refractivity contribution in [1.82, 2.24) is 15.0 Å². The fraction of sp³-hybridized carbons (Fsp3) is 0.529. The summed E-state index contributed by atoms with van der Waals surface area (Å²) in [5.41, 5.74) is 6.42. The van der Waals surface area contributed by atoms with Crippen molar-refractivity contribution in [2.45, 2.75) is 113 Å². The maximum Gasteiger partial charge on any atom is 0.0852 e. The summed E-state index contributed by atoms with van der Waals surface area (Å²) in [5.74, 6) is 9.13. The molecule has 3 heteroatoms. The smallest absolute Gasteiger partial charge is 0.0852 e. The van der Waals surface area contributed by atoms with Crippen LogP contribution in [0.3, 0.4) is 0 Å². The van der Waals surface area contributed by atoms with E-state index < -0.39 is 0 Å². The van der Waals surface area contributed by atoms with Gasteiger partial charge < -0.3 is 0 Å². The Kier molecular flexibility index (Phi) is 14.0.